The van der Waals surface area contributed by atoms with Gasteiger partial charge in [-0.1, -0.05) is 48.9 Å². The maximum Gasteiger partial charge on any atom is 0.137 e. The summed E-state index contributed by atoms with van der Waals surface area (Å²) in [6.07, 6.45) is 0.845. The molecule has 2 aromatic rings. The molecule has 0 aliphatic heterocycles. The van der Waals surface area contributed by atoms with Crippen molar-refractivity contribution in [1.82, 2.24) is 5.32 Å². The molecule has 1 unspecified atom stereocenters. The first kappa shape index (κ1) is 15.2. The van der Waals surface area contributed by atoms with Crippen LogP contribution in [0.4, 0.5) is 4.39 Å². The summed E-state index contributed by atoms with van der Waals surface area (Å²) in [4.78, 5) is 0. The van der Waals surface area contributed by atoms with E-state index in [1.54, 1.807) is 6.07 Å². The van der Waals surface area contributed by atoms with Gasteiger partial charge in [0.2, 0.25) is 0 Å². The van der Waals surface area contributed by atoms with Gasteiger partial charge in [-0.05, 0) is 53.0 Å². The van der Waals surface area contributed by atoms with Crippen molar-refractivity contribution in [3.8, 4) is 0 Å². The molecule has 0 saturated heterocycles. The van der Waals surface area contributed by atoms with Crippen LogP contribution in [0.25, 0.3) is 0 Å². The molecule has 3 heteroatoms. The van der Waals surface area contributed by atoms with Crippen LogP contribution in [0, 0.1) is 12.7 Å². The van der Waals surface area contributed by atoms with E-state index in [9.17, 15) is 4.39 Å². The van der Waals surface area contributed by atoms with Gasteiger partial charge in [-0.25, -0.2) is 4.39 Å². The fourth-order valence-electron chi connectivity index (χ4n) is 2.40. The number of halogens is 2. The maximum absolute atomic E-state index is 13.7. The lowest BCUT2D eigenvalue weighted by molar-refractivity contribution is 0.538. The molecular weight excluding hydrogens is 317 g/mol. The van der Waals surface area contributed by atoms with Gasteiger partial charge in [-0.15, -0.1) is 0 Å². The monoisotopic (exact) mass is 335 g/mol. The second-order valence-electron chi connectivity index (χ2n) is 4.95. The first-order chi connectivity index (χ1) is 9.61. The van der Waals surface area contributed by atoms with Gasteiger partial charge in [0.15, 0.2) is 0 Å². The summed E-state index contributed by atoms with van der Waals surface area (Å²) in [6.45, 7) is 5.00. The van der Waals surface area contributed by atoms with E-state index in [1.807, 2.05) is 6.07 Å². The van der Waals surface area contributed by atoms with E-state index in [0.717, 1.165) is 18.5 Å². The zero-order valence-corrected chi connectivity index (χ0v) is 13.4. The van der Waals surface area contributed by atoms with Crippen LogP contribution in [0.3, 0.4) is 0 Å². The number of benzene rings is 2. The van der Waals surface area contributed by atoms with Crippen molar-refractivity contribution in [1.29, 1.82) is 0 Å². The van der Waals surface area contributed by atoms with E-state index >= 15 is 0 Å². The van der Waals surface area contributed by atoms with Crippen LogP contribution in [0.5, 0.6) is 0 Å². The third kappa shape index (κ3) is 3.68. The molecule has 2 aromatic carbocycles. The highest BCUT2D eigenvalue weighted by molar-refractivity contribution is 9.10. The number of hydrogen-bond acceptors (Lipinski definition) is 1. The lowest BCUT2D eigenvalue weighted by Gasteiger charge is -2.20. The first-order valence-electron chi connectivity index (χ1n) is 6.84. The molecule has 0 radical (unpaired) electrons. The third-order valence-electron chi connectivity index (χ3n) is 3.33. The molecule has 106 valence electrons. The SMILES string of the molecule is CCNC(Cc1cccc(C)c1)c1cccc(F)c1Br. The zero-order chi connectivity index (χ0) is 14.5. The molecular formula is C17H19BrFN. The molecule has 0 aliphatic rings. The summed E-state index contributed by atoms with van der Waals surface area (Å²) >= 11 is 3.36. The molecule has 1 nitrogen and oxygen atoms in total. The summed E-state index contributed by atoms with van der Waals surface area (Å²) in [7, 11) is 0. The van der Waals surface area contributed by atoms with Crippen LogP contribution in [0.15, 0.2) is 46.9 Å². The van der Waals surface area contributed by atoms with Crippen LogP contribution in [0.1, 0.15) is 29.7 Å². The molecule has 0 aromatic heterocycles. The summed E-state index contributed by atoms with van der Waals surface area (Å²) in [5, 5.41) is 3.44. The Bertz CT molecular complexity index is 583. The predicted octanol–water partition coefficient (Wildman–Crippen LogP) is 4.79. The van der Waals surface area contributed by atoms with Crippen molar-refractivity contribution in [2.75, 3.05) is 6.54 Å². The molecule has 0 fully saturated rings. The van der Waals surface area contributed by atoms with Gasteiger partial charge in [0.05, 0.1) is 4.47 Å². The largest absolute Gasteiger partial charge is 0.310 e. The van der Waals surface area contributed by atoms with Gasteiger partial charge in [0.1, 0.15) is 5.82 Å². The number of rotatable bonds is 5. The van der Waals surface area contributed by atoms with E-state index in [4.69, 9.17) is 0 Å². The molecule has 1 atom stereocenters. The average molecular weight is 336 g/mol. The molecule has 0 aliphatic carbocycles. The minimum atomic E-state index is -0.213. The number of likely N-dealkylation sites (N-methyl/N-ethyl adjacent to an activating group) is 1. The van der Waals surface area contributed by atoms with Crippen LogP contribution in [0.2, 0.25) is 0 Å². The third-order valence-corrected chi connectivity index (χ3v) is 4.17. The Morgan fingerprint density at radius 2 is 1.95 bits per heavy atom. The Kier molecular flexibility index (Phi) is 5.32. The summed E-state index contributed by atoms with van der Waals surface area (Å²) in [5.41, 5.74) is 3.47. The Morgan fingerprint density at radius 3 is 2.65 bits per heavy atom. The van der Waals surface area contributed by atoms with E-state index in [1.165, 1.54) is 17.2 Å². The van der Waals surface area contributed by atoms with Crippen molar-refractivity contribution in [3.63, 3.8) is 0 Å². The van der Waals surface area contributed by atoms with E-state index < -0.39 is 0 Å². The van der Waals surface area contributed by atoms with Gasteiger partial charge < -0.3 is 5.32 Å². The van der Waals surface area contributed by atoms with Crippen molar-refractivity contribution < 1.29 is 4.39 Å². The van der Waals surface area contributed by atoms with Crippen molar-refractivity contribution in [3.05, 3.63) is 69.4 Å². The summed E-state index contributed by atoms with van der Waals surface area (Å²) < 4.78 is 14.3. The quantitative estimate of drug-likeness (QED) is 0.828. The van der Waals surface area contributed by atoms with Gasteiger partial charge >= 0.3 is 0 Å². The Labute approximate surface area is 128 Å². The first-order valence-corrected chi connectivity index (χ1v) is 7.64. The molecule has 0 amide bonds. The van der Waals surface area contributed by atoms with Gasteiger partial charge in [0.25, 0.3) is 0 Å². The Morgan fingerprint density at radius 1 is 1.20 bits per heavy atom. The highest BCUT2D eigenvalue weighted by atomic mass is 79.9. The van der Waals surface area contributed by atoms with E-state index in [-0.39, 0.29) is 11.9 Å². The number of aryl methyl sites for hydroxylation is 1. The number of hydrogen-bond donors (Lipinski definition) is 1. The zero-order valence-electron chi connectivity index (χ0n) is 11.8. The second kappa shape index (κ2) is 7.00. The molecule has 20 heavy (non-hydrogen) atoms. The Balaban J connectivity index is 2.29. The van der Waals surface area contributed by atoms with Gasteiger partial charge in [-0.2, -0.15) is 0 Å². The Hall–Kier alpha value is -1.19. The van der Waals surface area contributed by atoms with Crippen LogP contribution in [-0.2, 0) is 6.42 Å². The van der Waals surface area contributed by atoms with Gasteiger partial charge in [-0.3, -0.25) is 0 Å². The van der Waals surface area contributed by atoms with Crippen LogP contribution >= 0.6 is 15.9 Å². The smallest absolute Gasteiger partial charge is 0.137 e. The van der Waals surface area contributed by atoms with Crippen molar-refractivity contribution in [2.24, 2.45) is 0 Å². The molecule has 0 bridgehead atoms. The van der Waals surface area contributed by atoms with Crippen LogP contribution < -0.4 is 5.32 Å². The minimum Gasteiger partial charge on any atom is -0.310 e. The normalized spacial score (nSPS) is 12.4. The average Bonchev–Trinajstić information content (AvgIpc) is 2.42. The fraction of sp³-hybridized carbons (Fsp3) is 0.294. The van der Waals surface area contributed by atoms with Gasteiger partial charge in [0, 0.05) is 6.04 Å². The highest BCUT2D eigenvalue weighted by Crippen LogP contribution is 2.28. The minimum absolute atomic E-state index is 0.104. The predicted molar refractivity (Wildman–Crippen MR) is 85.4 cm³/mol. The summed E-state index contributed by atoms with van der Waals surface area (Å²) in [6, 6.07) is 13.8. The molecule has 0 saturated carbocycles. The van der Waals surface area contributed by atoms with E-state index in [2.05, 4.69) is 59.4 Å². The standard InChI is InChI=1S/C17H19BrFN/c1-3-20-16(11-13-7-4-6-12(2)10-13)14-8-5-9-15(19)17(14)18/h4-10,16,20H,3,11H2,1-2H3. The summed E-state index contributed by atoms with van der Waals surface area (Å²) in [5.74, 6) is -0.213. The maximum atomic E-state index is 13.7. The number of nitrogens with one attached hydrogen (secondary N) is 1. The molecule has 2 rings (SSSR count). The topological polar surface area (TPSA) is 12.0 Å². The van der Waals surface area contributed by atoms with Crippen LogP contribution in [-0.4, -0.2) is 6.54 Å². The molecule has 0 heterocycles. The van der Waals surface area contributed by atoms with Crippen molar-refractivity contribution >= 4 is 15.9 Å². The molecule has 1 N–H and O–H groups in total. The highest BCUT2D eigenvalue weighted by Gasteiger charge is 2.16. The second-order valence-corrected chi connectivity index (χ2v) is 5.74. The lowest BCUT2D eigenvalue weighted by atomic mass is 9.97. The lowest BCUT2D eigenvalue weighted by Crippen LogP contribution is -2.23. The van der Waals surface area contributed by atoms with E-state index in [0.29, 0.717) is 4.47 Å². The molecule has 0 spiro atoms. The fourth-order valence-corrected chi connectivity index (χ4v) is 2.94. The van der Waals surface area contributed by atoms with Crippen molar-refractivity contribution in [2.45, 2.75) is 26.3 Å².